The van der Waals surface area contributed by atoms with Gasteiger partial charge in [0.2, 0.25) is 0 Å². The minimum absolute atomic E-state index is 0.641. The number of hydrogen-bond donors (Lipinski definition) is 1. The van der Waals surface area contributed by atoms with Crippen LogP contribution in [0.4, 0.5) is 5.82 Å². The SMILES string of the molecule is Cc1nc2c(N3CCC(O)(c4ccccc4)CC3)nc3ccccc3c2o1. The Kier molecular flexibility index (Phi) is 3.65. The molecular weight excluding hydrogens is 338 g/mol. The van der Waals surface area contributed by atoms with Crippen molar-refractivity contribution in [1.29, 1.82) is 0 Å². The highest BCUT2D eigenvalue weighted by atomic mass is 16.3. The molecule has 0 bridgehead atoms. The molecule has 0 unspecified atom stereocenters. The molecule has 4 aromatic rings. The smallest absolute Gasteiger partial charge is 0.192 e. The number of pyridine rings is 1. The molecule has 136 valence electrons. The normalized spacial score (nSPS) is 16.9. The highest BCUT2D eigenvalue weighted by molar-refractivity contribution is 6.05. The van der Waals surface area contributed by atoms with Crippen molar-refractivity contribution >= 4 is 27.8 Å². The van der Waals surface area contributed by atoms with Gasteiger partial charge in [-0.3, -0.25) is 0 Å². The third kappa shape index (κ3) is 2.66. The number of hydrogen-bond acceptors (Lipinski definition) is 5. The first-order valence-electron chi connectivity index (χ1n) is 9.33. The van der Waals surface area contributed by atoms with Gasteiger partial charge in [0.15, 0.2) is 22.8 Å². The summed E-state index contributed by atoms with van der Waals surface area (Å²) in [4.78, 5) is 11.7. The molecule has 1 aliphatic rings. The molecule has 5 nitrogen and oxygen atoms in total. The number of benzene rings is 2. The molecule has 5 heteroatoms. The summed E-state index contributed by atoms with van der Waals surface area (Å²) in [6.45, 7) is 3.30. The number of nitrogens with zero attached hydrogens (tertiary/aromatic N) is 3. The van der Waals surface area contributed by atoms with Crippen LogP contribution in [0.25, 0.3) is 22.0 Å². The first-order chi connectivity index (χ1) is 13.1. The molecule has 0 amide bonds. The highest BCUT2D eigenvalue weighted by Gasteiger charge is 2.35. The van der Waals surface area contributed by atoms with E-state index in [9.17, 15) is 5.11 Å². The molecule has 0 atom stereocenters. The Morgan fingerprint density at radius 3 is 2.44 bits per heavy atom. The molecule has 5 rings (SSSR count). The monoisotopic (exact) mass is 359 g/mol. The lowest BCUT2D eigenvalue weighted by molar-refractivity contribution is 0.0117. The van der Waals surface area contributed by atoms with E-state index in [0.29, 0.717) is 18.7 Å². The Balaban J connectivity index is 1.53. The van der Waals surface area contributed by atoms with Crippen LogP contribution in [0.15, 0.2) is 59.0 Å². The average molecular weight is 359 g/mol. The number of aryl methyl sites for hydroxylation is 1. The van der Waals surface area contributed by atoms with Crippen molar-refractivity contribution < 1.29 is 9.52 Å². The number of aliphatic hydroxyl groups is 1. The van der Waals surface area contributed by atoms with Gasteiger partial charge in [0.1, 0.15) is 0 Å². The Hall–Kier alpha value is -2.92. The zero-order valence-electron chi connectivity index (χ0n) is 15.2. The zero-order valence-corrected chi connectivity index (χ0v) is 15.2. The number of piperidine rings is 1. The van der Waals surface area contributed by atoms with Crippen LogP contribution in [0.5, 0.6) is 0 Å². The summed E-state index contributed by atoms with van der Waals surface area (Å²) in [5, 5.41) is 12.1. The Morgan fingerprint density at radius 1 is 0.963 bits per heavy atom. The lowest BCUT2D eigenvalue weighted by Crippen LogP contribution is -2.43. The van der Waals surface area contributed by atoms with Gasteiger partial charge in [0.25, 0.3) is 0 Å². The molecule has 27 heavy (non-hydrogen) atoms. The summed E-state index contributed by atoms with van der Waals surface area (Å²) in [5.41, 5.74) is 2.69. The van der Waals surface area contributed by atoms with Gasteiger partial charge in [0.05, 0.1) is 11.1 Å². The van der Waals surface area contributed by atoms with Crippen LogP contribution in [0.3, 0.4) is 0 Å². The lowest BCUT2D eigenvalue weighted by atomic mass is 9.84. The summed E-state index contributed by atoms with van der Waals surface area (Å²) in [6.07, 6.45) is 1.31. The Labute approximate surface area is 157 Å². The molecule has 1 fully saturated rings. The number of rotatable bonds is 2. The Morgan fingerprint density at radius 2 is 1.67 bits per heavy atom. The third-order valence-electron chi connectivity index (χ3n) is 5.52. The van der Waals surface area contributed by atoms with Crippen molar-refractivity contribution in [3.8, 4) is 0 Å². The van der Waals surface area contributed by atoms with E-state index in [-0.39, 0.29) is 0 Å². The summed E-state index contributed by atoms with van der Waals surface area (Å²) in [7, 11) is 0. The quantitative estimate of drug-likeness (QED) is 0.582. The molecule has 2 aromatic carbocycles. The summed E-state index contributed by atoms with van der Waals surface area (Å²) < 4.78 is 5.90. The van der Waals surface area contributed by atoms with Gasteiger partial charge >= 0.3 is 0 Å². The fourth-order valence-corrected chi connectivity index (χ4v) is 4.04. The molecule has 1 saturated heterocycles. The molecule has 1 N–H and O–H groups in total. The molecule has 0 aliphatic carbocycles. The molecule has 0 radical (unpaired) electrons. The van der Waals surface area contributed by atoms with Crippen molar-refractivity contribution in [2.24, 2.45) is 0 Å². The molecule has 2 aromatic heterocycles. The summed E-state index contributed by atoms with van der Waals surface area (Å²) in [5.74, 6) is 1.48. The fraction of sp³-hybridized carbons (Fsp3) is 0.273. The van der Waals surface area contributed by atoms with Gasteiger partial charge in [-0.2, -0.15) is 0 Å². The van der Waals surface area contributed by atoms with Crippen LogP contribution in [0, 0.1) is 6.92 Å². The van der Waals surface area contributed by atoms with E-state index in [1.807, 2.05) is 61.5 Å². The topological polar surface area (TPSA) is 62.4 Å². The number of oxazole rings is 1. The minimum Gasteiger partial charge on any atom is -0.440 e. The zero-order chi connectivity index (χ0) is 18.4. The molecule has 0 saturated carbocycles. The predicted molar refractivity (Wildman–Crippen MR) is 106 cm³/mol. The van der Waals surface area contributed by atoms with Crippen LogP contribution < -0.4 is 4.90 Å². The largest absolute Gasteiger partial charge is 0.440 e. The first-order valence-corrected chi connectivity index (χ1v) is 9.33. The second-order valence-electron chi connectivity index (χ2n) is 7.25. The average Bonchev–Trinajstić information content (AvgIpc) is 3.10. The molecule has 0 spiro atoms. The fourth-order valence-electron chi connectivity index (χ4n) is 4.04. The van der Waals surface area contributed by atoms with E-state index in [1.165, 1.54) is 0 Å². The highest BCUT2D eigenvalue weighted by Crippen LogP contribution is 2.37. The van der Waals surface area contributed by atoms with E-state index in [4.69, 9.17) is 9.40 Å². The van der Waals surface area contributed by atoms with Gasteiger partial charge in [0, 0.05) is 25.4 Å². The van der Waals surface area contributed by atoms with E-state index < -0.39 is 5.60 Å². The standard InChI is InChI=1S/C22H21N3O2/c1-15-23-19-20(27-15)17-9-5-6-10-18(17)24-21(19)25-13-11-22(26,12-14-25)16-7-3-2-4-8-16/h2-10,26H,11-14H2,1H3. The van der Waals surface area contributed by atoms with E-state index in [2.05, 4.69) is 9.88 Å². The van der Waals surface area contributed by atoms with Crippen molar-refractivity contribution in [2.45, 2.75) is 25.4 Å². The maximum atomic E-state index is 11.1. The molecule has 1 aliphatic heterocycles. The second kappa shape index (κ2) is 6.06. The lowest BCUT2D eigenvalue weighted by Gasteiger charge is -2.39. The van der Waals surface area contributed by atoms with Crippen LogP contribution in [0.1, 0.15) is 24.3 Å². The van der Waals surface area contributed by atoms with E-state index >= 15 is 0 Å². The first kappa shape index (κ1) is 16.3. The molecule has 3 heterocycles. The number of fused-ring (bicyclic) bond motifs is 3. The number of aromatic nitrogens is 2. The van der Waals surface area contributed by atoms with Crippen LogP contribution in [0.2, 0.25) is 0 Å². The van der Waals surface area contributed by atoms with Crippen LogP contribution >= 0.6 is 0 Å². The van der Waals surface area contributed by atoms with Gasteiger partial charge in [-0.25, -0.2) is 9.97 Å². The van der Waals surface area contributed by atoms with Gasteiger partial charge in [-0.1, -0.05) is 42.5 Å². The number of para-hydroxylation sites is 1. The Bertz CT molecular complexity index is 1110. The van der Waals surface area contributed by atoms with Gasteiger partial charge in [-0.15, -0.1) is 0 Å². The predicted octanol–water partition coefficient (Wildman–Crippen LogP) is 4.17. The van der Waals surface area contributed by atoms with E-state index in [1.54, 1.807) is 0 Å². The molecular formula is C22H21N3O2. The van der Waals surface area contributed by atoms with Crippen molar-refractivity contribution in [2.75, 3.05) is 18.0 Å². The van der Waals surface area contributed by atoms with E-state index in [0.717, 1.165) is 46.5 Å². The third-order valence-corrected chi connectivity index (χ3v) is 5.52. The van der Waals surface area contributed by atoms with Crippen molar-refractivity contribution in [3.05, 3.63) is 66.1 Å². The van der Waals surface area contributed by atoms with Crippen LogP contribution in [-0.4, -0.2) is 28.2 Å². The summed E-state index contributed by atoms with van der Waals surface area (Å²) in [6, 6.07) is 17.9. The maximum Gasteiger partial charge on any atom is 0.192 e. The minimum atomic E-state index is -0.784. The number of anilines is 1. The van der Waals surface area contributed by atoms with Crippen molar-refractivity contribution in [1.82, 2.24) is 9.97 Å². The summed E-state index contributed by atoms with van der Waals surface area (Å²) >= 11 is 0. The second-order valence-corrected chi connectivity index (χ2v) is 7.25. The van der Waals surface area contributed by atoms with Crippen molar-refractivity contribution in [3.63, 3.8) is 0 Å². The maximum absolute atomic E-state index is 11.1. The van der Waals surface area contributed by atoms with Gasteiger partial charge < -0.3 is 14.4 Å². The van der Waals surface area contributed by atoms with Crippen LogP contribution in [-0.2, 0) is 5.60 Å². The van der Waals surface area contributed by atoms with Gasteiger partial charge in [-0.05, 0) is 30.5 Å².